The van der Waals surface area contributed by atoms with Gasteiger partial charge in [0.05, 0.1) is 0 Å². The number of rotatable bonds is 4. The normalized spacial score (nSPS) is 19.7. The first-order chi connectivity index (χ1) is 15.0. The number of benzene rings is 2. The summed E-state index contributed by atoms with van der Waals surface area (Å²) < 4.78 is 2.61. The summed E-state index contributed by atoms with van der Waals surface area (Å²) in [7, 11) is -1.27. The molecule has 0 bridgehead atoms. The summed E-state index contributed by atoms with van der Waals surface area (Å²) in [5.74, 6) is 0.666. The minimum absolute atomic E-state index is 0. The predicted octanol–water partition coefficient (Wildman–Crippen LogP) is 8.52. The molecule has 4 rings (SSSR count). The Bertz CT molecular complexity index is 1200. The number of allylic oxidation sites excluding steroid dienone is 5. The minimum Gasteiger partial charge on any atom is -0.147 e. The van der Waals surface area contributed by atoms with Crippen molar-refractivity contribution in [3.8, 4) is 11.1 Å². The van der Waals surface area contributed by atoms with E-state index < -0.39 is 28.4 Å². The van der Waals surface area contributed by atoms with Crippen LogP contribution < -0.4 is 5.19 Å². The monoisotopic (exact) mass is 568 g/mol. The first kappa shape index (κ1) is 26.9. The zero-order chi connectivity index (χ0) is 23.4. The molecule has 0 amide bonds. The summed E-state index contributed by atoms with van der Waals surface area (Å²) in [5.41, 5.74) is 10.4. The van der Waals surface area contributed by atoms with Crippen molar-refractivity contribution < 1.29 is 20.4 Å². The van der Waals surface area contributed by atoms with Gasteiger partial charge in [-0.15, -0.1) is 12.4 Å². The fourth-order valence-electron chi connectivity index (χ4n) is 5.54. The third-order valence-electron chi connectivity index (χ3n) is 7.77. The largest absolute Gasteiger partial charge is 0.147 e. The van der Waals surface area contributed by atoms with Gasteiger partial charge in [-0.1, -0.05) is 0 Å². The van der Waals surface area contributed by atoms with E-state index >= 15 is 0 Å². The van der Waals surface area contributed by atoms with Crippen LogP contribution in [0.2, 0.25) is 32.7 Å². The maximum atomic E-state index is 2.60. The summed E-state index contributed by atoms with van der Waals surface area (Å²) in [6.45, 7) is 22.1. The molecule has 0 heterocycles. The quantitative estimate of drug-likeness (QED) is 0.324. The smallest absolute Gasteiger partial charge is 0.147 e. The average Bonchev–Trinajstić information content (AvgIpc) is 3.25. The van der Waals surface area contributed by atoms with Crippen LogP contribution in [0.15, 0.2) is 68.5 Å². The van der Waals surface area contributed by atoms with Gasteiger partial charge in [0.1, 0.15) is 0 Å². The van der Waals surface area contributed by atoms with Crippen LogP contribution in [0.5, 0.6) is 0 Å². The standard InChI is InChI=1S/C18H19Si.C9H13.C2H6Si.ClH.Zr/c1-19(2,3)16-12-10-15(11-13-16)18-9-5-7-14-6-4-8-17(14)18;1-6-5-7(2)9(4)8(6)3;1-3-2;;/h4-13H,1-3H3;6H,1-4H3;1-2H3;1H;. The van der Waals surface area contributed by atoms with Crippen molar-refractivity contribution in [2.45, 2.75) is 64.1 Å². The second-order valence-electron chi connectivity index (χ2n) is 11.0. The summed E-state index contributed by atoms with van der Waals surface area (Å²) in [5, 5.41) is 1.54. The van der Waals surface area contributed by atoms with E-state index in [2.05, 4.69) is 115 Å². The summed E-state index contributed by atoms with van der Waals surface area (Å²) in [6.07, 6.45) is 5.07. The Morgan fingerprint density at radius 3 is 2.03 bits per heavy atom. The van der Waals surface area contributed by atoms with Gasteiger partial charge in [0.15, 0.2) is 0 Å². The van der Waals surface area contributed by atoms with Crippen LogP contribution in [-0.2, 0) is 20.4 Å². The molecule has 174 valence electrons. The number of hydrogen-bond donors (Lipinski definition) is 0. The van der Waals surface area contributed by atoms with Crippen LogP contribution in [0.3, 0.4) is 0 Å². The minimum atomic E-state index is -1.87. The third-order valence-corrected chi connectivity index (χ3v) is 28.5. The van der Waals surface area contributed by atoms with Crippen molar-refractivity contribution in [2.75, 3.05) is 0 Å². The maximum Gasteiger partial charge on any atom is -0.147 e. The molecule has 4 heteroatoms. The molecular weight excluding hydrogens is 531 g/mol. The molecule has 0 fully saturated rings. The molecule has 2 aliphatic carbocycles. The summed E-state index contributed by atoms with van der Waals surface area (Å²) >= 11 is -1.87. The van der Waals surface area contributed by atoms with E-state index in [1.807, 2.05) is 3.28 Å². The van der Waals surface area contributed by atoms with Gasteiger partial charge in [0, 0.05) is 0 Å². The Balaban J connectivity index is 0.00000306. The molecule has 2 aliphatic rings. The Morgan fingerprint density at radius 2 is 1.52 bits per heavy atom. The van der Waals surface area contributed by atoms with Gasteiger partial charge >= 0.3 is 206 Å². The van der Waals surface area contributed by atoms with Crippen molar-refractivity contribution >= 4 is 37.2 Å². The molecular formula is C29H39ClSi2Zr. The summed E-state index contributed by atoms with van der Waals surface area (Å²) in [4.78, 5) is 0. The Kier molecular flexibility index (Phi) is 8.22. The molecule has 2 unspecified atom stereocenters. The van der Waals surface area contributed by atoms with Gasteiger partial charge < -0.3 is 0 Å². The molecule has 0 radical (unpaired) electrons. The predicted molar refractivity (Wildman–Crippen MR) is 152 cm³/mol. The average molecular weight is 570 g/mol. The zero-order valence-electron chi connectivity index (χ0n) is 21.8. The molecule has 0 nitrogen and oxygen atoms in total. The Morgan fingerprint density at radius 1 is 0.879 bits per heavy atom. The third kappa shape index (κ3) is 4.86. The first-order valence-electron chi connectivity index (χ1n) is 12.0. The molecule has 33 heavy (non-hydrogen) atoms. The van der Waals surface area contributed by atoms with Gasteiger partial charge in [0.2, 0.25) is 0 Å². The molecule has 0 aromatic heterocycles. The molecule has 2 aromatic carbocycles. The van der Waals surface area contributed by atoms with E-state index in [0.717, 1.165) is 0 Å². The molecule has 0 saturated carbocycles. The number of fused-ring (bicyclic) bond motifs is 1. The Hall–Kier alpha value is -0.733. The van der Waals surface area contributed by atoms with Crippen molar-refractivity contribution in [1.29, 1.82) is 0 Å². The number of halogens is 1. The molecule has 0 saturated heterocycles. The van der Waals surface area contributed by atoms with E-state index in [4.69, 9.17) is 0 Å². The first-order valence-corrected chi connectivity index (χ1v) is 24.3. The van der Waals surface area contributed by atoms with Crippen LogP contribution in [0.1, 0.15) is 42.4 Å². The fourth-order valence-corrected chi connectivity index (χ4v) is 26.4. The van der Waals surface area contributed by atoms with Crippen molar-refractivity contribution in [2.24, 2.45) is 5.92 Å². The number of hydrogen-bond acceptors (Lipinski definition) is 0. The molecule has 2 aromatic rings. The van der Waals surface area contributed by atoms with E-state index in [9.17, 15) is 0 Å². The molecule has 0 spiro atoms. The molecule has 0 N–H and O–H groups in total. The van der Waals surface area contributed by atoms with Crippen LogP contribution in [0.4, 0.5) is 0 Å². The van der Waals surface area contributed by atoms with Gasteiger partial charge in [-0.25, -0.2) is 0 Å². The fraction of sp³-hybridized carbons (Fsp3) is 0.379. The van der Waals surface area contributed by atoms with E-state index in [1.54, 1.807) is 22.3 Å². The Labute approximate surface area is 216 Å². The molecule has 0 aliphatic heterocycles. The van der Waals surface area contributed by atoms with Gasteiger partial charge in [-0.2, -0.15) is 0 Å². The van der Waals surface area contributed by atoms with E-state index in [-0.39, 0.29) is 17.8 Å². The van der Waals surface area contributed by atoms with Crippen molar-refractivity contribution in [1.82, 2.24) is 0 Å². The zero-order valence-corrected chi connectivity index (χ0v) is 27.0. The van der Waals surface area contributed by atoms with Crippen LogP contribution in [0, 0.1) is 5.92 Å². The second kappa shape index (κ2) is 10.1. The van der Waals surface area contributed by atoms with Crippen LogP contribution >= 0.6 is 12.4 Å². The van der Waals surface area contributed by atoms with E-state index in [0.29, 0.717) is 9.54 Å². The maximum absolute atomic E-state index is 2.60. The van der Waals surface area contributed by atoms with Gasteiger partial charge in [0.25, 0.3) is 0 Å². The van der Waals surface area contributed by atoms with E-state index in [1.165, 1.54) is 21.9 Å². The van der Waals surface area contributed by atoms with Crippen LogP contribution in [0.25, 0.3) is 17.2 Å². The molecule has 2 atom stereocenters. The van der Waals surface area contributed by atoms with Crippen molar-refractivity contribution in [3.63, 3.8) is 0 Å². The van der Waals surface area contributed by atoms with Crippen LogP contribution in [-0.4, -0.2) is 13.5 Å². The summed E-state index contributed by atoms with van der Waals surface area (Å²) in [6, 6.07) is 16.6. The SMILES string of the molecule is CC1=C(C)C(C)[C]([Zr]([CH]2C=Cc3c(-c4ccc([Si](C)(C)C)cc4)cccc32)=[Si](C)C)=C1C.Cl. The van der Waals surface area contributed by atoms with Crippen molar-refractivity contribution in [3.05, 3.63) is 79.7 Å². The van der Waals surface area contributed by atoms with Gasteiger partial charge in [-0.3, -0.25) is 0 Å². The second-order valence-corrected chi connectivity index (χ2v) is 33.5. The topological polar surface area (TPSA) is 0 Å². The van der Waals surface area contributed by atoms with Gasteiger partial charge in [-0.05, 0) is 0 Å².